The predicted octanol–water partition coefficient (Wildman–Crippen LogP) is 11.1. The summed E-state index contributed by atoms with van der Waals surface area (Å²) >= 11 is 0. The maximum absolute atomic E-state index is 9.99. The quantitative estimate of drug-likeness (QED) is 0.192. The first-order valence-electron chi connectivity index (χ1n) is 17.6. The molecule has 10 rings (SSSR count). The second kappa shape index (κ2) is 11.2. The van der Waals surface area contributed by atoms with Gasteiger partial charge < -0.3 is 18.9 Å². The Morgan fingerprint density at radius 3 is 2.24 bits per heavy atom. The molecule has 1 aliphatic heterocycles. The smallest absolute Gasteiger partial charge is 0.330 e. The van der Waals surface area contributed by atoms with Crippen molar-refractivity contribution >= 4 is 79.4 Å². The van der Waals surface area contributed by atoms with Gasteiger partial charge in [0.25, 0.3) is 0 Å². The lowest BCUT2D eigenvalue weighted by Gasteiger charge is -2.42. The van der Waals surface area contributed by atoms with Gasteiger partial charge in [0.05, 0.1) is 28.1 Å². The molecule has 8 aromatic rings. The summed E-state index contributed by atoms with van der Waals surface area (Å²) in [4.78, 5) is 2.35. The van der Waals surface area contributed by atoms with Crippen LogP contribution in [0.15, 0.2) is 156 Å². The van der Waals surface area contributed by atoms with Gasteiger partial charge in [-0.3, -0.25) is 0 Å². The number of hydrogen-bond acceptors (Lipinski definition) is 3. The van der Waals surface area contributed by atoms with E-state index >= 15 is 0 Å². The summed E-state index contributed by atoms with van der Waals surface area (Å²) < 4.78 is 9.00. The molecule has 0 saturated heterocycles. The lowest BCUT2D eigenvalue weighted by molar-refractivity contribution is 0.613. The number of rotatable bonds is 4. The highest BCUT2D eigenvalue weighted by Crippen LogP contribution is 2.54. The average molecular weight is 658 g/mol. The second-order valence-corrected chi connectivity index (χ2v) is 14.1. The van der Waals surface area contributed by atoms with Gasteiger partial charge in [0.15, 0.2) is 5.58 Å². The normalized spacial score (nSPS) is 15.0. The highest BCUT2D eigenvalue weighted by Gasteiger charge is 2.38. The molecule has 2 aliphatic rings. The molecular formula is C46H34BN2O2. The summed E-state index contributed by atoms with van der Waals surface area (Å²) in [6, 6.07) is 43.5. The number of allylic oxidation sites excluding steroid dienone is 6. The van der Waals surface area contributed by atoms with E-state index in [2.05, 4.69) is 163 Å². The number of furan rings is 1. The molecular weight excluding hydrogens is 623 g/mol. The van der Waals surface area contributed by atoms with Crippen molar-refractivity contribution in [1.82, 2.24) is 4.57 Å². The largest absolute Gasteiger partial charge is 0.454 e. The van der Waals surface area contributed by atoms with Crippen LogP contribution in [0.25, 0.3) is 60.6 Å². The van der Waals surface area contributed by atoms with Crippen molar-refractivity contribution < 1.29 is 9.44 Å². The molecule has 5 heteroatoms. The maximum atomic E-state index is 9.99. The highest BCUT2D eigenvalue weighted by atomic mass is 16.3. The highest BCUT2D eigenvalue weighted by molar-refractivity contribution is 6.50. The van der Waals surface area contributed by atoms with Crippen molar-refractivity contribution in [3.8, 4) is 11.1 Å². The molecule has 0 atom stereocenters. The molecule has 1 aliphatic carbocycles. The van der Waals surface area contributed by atoms with Crippen LogP contribution < -0.4 is 10.4 Å². The number of fused-ring (bicyclic) bond motifs is 8. The number of anilines is 3. The molecule has 0 amide bonds. The fraction of sp³-hybridized carbons (Fsp3) is 0.0870. The first-order chi connectivity index (χ1) is 25.0. The Bertz CT molecular complexity index is 2810. The molecule has 4 nitrogen and oxygen atoms in total. The minimum atomic E-state index is -0.259. The van der Waals surface area contributed by atoms with Crippen LogP contribution in [-0.2, 0) is 5.41 Å². The lowest BCUT2D eigenvalue weighted by atomic mass is 9.73. The van der Waals surface area contributed by atoms with Crippen LogP contribution in [0.4, 0.5) is 17.1 Å². The molecule has 3 heterocycles. The summed E-state index contributed by atoms with van der Waals surface area (Å²) in [5.74, 6) is 0. The van der Waals surface area contributed by atoms with Crippen LogP contribution in [0, 0.1) is 0 Å². The Balaban J connectivity index is 1.17. The number of aromatic nitrogens is 1. The van der Waals surface area contributed by atoms with Gasteiger partial charge in [0.1, 0.15) is 5.58 Å². The Hall–Kier alpha value is -6.04. The molecule has 1 radical (unpaired) electrons. The van der Waals surface area contributed by atoms with Crippen LogP contribution in [0.2, 0.25) is 0 Å². The monoisotopic (exact) mass is 657 g/mol. The first-order valence-corrected chi connectivity index (χ1v) is 17.6. The zero-order valence-corrected chi connectivity index (χ0v) is 28.5. The zero-order valence-electron chi connectivity index (χ0n) is 28.5. The van der Waals surface area contributed by atoms with Gasteiger partial charge in [-0.1, -0.05) is 111 Å². The topological polar surface area (TPSA) is 41.5 Å². The molecule has 0 unspecified atom stereocenters. The minimum absolute atomic E-state index is 0.259. The van der Waals surface area contributed by atoms with Crippen LogP contribution in [0.1, 0.15) is 31.4 Å². The third-order valence-corrected chi connectivity index (χ3v) is 10.9. The van der Waals surface area contributed by atoms with E-state index in [9.17, 15) is 5.02 Å². The van der Waals surface area contributed by atoms with Crippen molar-refractivity contribution in [3.63, 3.8) is 0 Å². The van der Waals surface area contributed by atoms with E-state index in [0.29, 0.717) is 11.0 Å². The maximum Gasteiger partial charge on any atom is 0.330 e. The summed E-state index contributed by atoms with van der Waals surface area (Å²) in [6.45, 7) is 4.66. The van der Waals surface area contributed by atoms with Crippen LogP contribution >= 0.6 is 0 Å². The fourth-order valence-corrected chi connectivity index (χ4v) is 8.40. The molecule has 0 fully saturated rings. The van der Waals surface area contributed by atoms with Gasteiger partial charge >= 0.3 is 7.48 Å². The van der Waals surface area contributed by atoms with E-state index < -0.39 is 0 Å². The van der Waals surface area contributed by atoms with E-state index in [-0.39, 0.29) is 5.41 Å². The molecule has 0 spiro atoms. The lowest BCUT2D eigenvalue weighted by Crippen LogP contribution is -2.30. The summed E-state index contributed by atoms with van der Waals surface area (Å²) in [5.41, 5.74) is 13.6. The SMILES string of the molecule is CC1(C)c2ccccc2N(c2cccc3c2oc2c([B]O)cccc23)c2ccc(-c3ccc4c(c3)c3ccccc3n4C3=CC=CCC=C3)cc21. The molecule has 1 N–H and O–H groups in total. The van der Waals surface area contributed by atoms with Crippen molar-refractivity contribution in [1.29, 1.82) is 0 Å². The Labute approximate surface area is 297 Å². The van der Waals surface area contributed by atoms with Crippen molar-refractivity contribution in [2.45, 2.75) is 25.7 Å². The Morgan fingerprint density at radius 2 is 1.33 bits per heavy atom. The van der Waals surface area contributed by atoms with E-state index in [1.54, 1.807) is 0 Å². The van der Waals surface area contributed by atoms with Gasteiger partial charge in [-0.2, -0.15) is 0 Å². The fourth-order valence-electron chi connectivity index (χ4n) is 8.40. The van der Waals surface area contributed by atoms with Crippen LogP contribution in [0.3, 0.4) is 0 Å². The Morgan fingerprint density at radius 1 is 0.627 bits per heavy atom. The molecule has 243 valence electrons. The molecule has 51 heavy (non-hydrogen) atoms. The first kappa shape index (κ1) is 29.8. The number of para-hydroxylation sites is 4. The van der Waals surface area contributed by atoms with E-state index in [4.69, 9.17) is 4.42 Å². The van der Waals surface area contributed by atoms with Gasteiger partial charge in [-0.05, 0) is 88.8 Å². The molecule has 2 aromatic heterocycles. The van der Waals surface area contributed by atoms with E-state index in [1.807, 2.05) is 12.1 Å². The standard InChI is InChI=1S/C46H34BN2O2/c1-46(2)36-18-8-10-21-41(36)49(43-22-12-17-34-33-16-11-19-38(47-50)44(33)51-45(34)43)42-26-24-30(28-37(42)46)29-23-25-40-35(27-29)32-15-7-9-20-39(32)48(40)31-13-5-3-4-6-14-31/h3,5-28,50H,4H2,1-2H3. The van der Waals surface area contributed by atoms with Gasteiger partial charge in [0, 0.05) is 32.7 Å². The zero-order chi connectivity index (χ0) is 34.3. The third kappa shape index (κ3) is 4.38. The summed E-state index contributed by atoms with van der Waals surface area (Å²) in [6.07, 6.45) is 11.9. The molecule has 0 bridgehead atoms. The van der Waals surface area contributed by atoms with Gasteiger partial charge in [-0.25, -0.2) is 0 Å². The van der Waals surface area contributed by atoms with Crippen LogP contribution in [0.5, 0.6) is 0 Å². The van der Waals surface area contributed by atoms with Crippen molar-refractivity contribution in [3.05, 3.63) is 163 Å². The van der Waals surface area contributed by atoms with Crippen molar-refractivity contribution in [2.75, 3.05) is 4.90 Å². The Kier molecular flexibility index (Phi) is 6.58. The number of nitrogens with zero attached hydrogens (tertiary/aromatic N) is 2. The molecule has 0 saturated carbocycles. The summed E-state index contributed by atoms with van der Waals surface area (Å²) in [7, 11) is 1.12. The van der Waals surface area contributed by atoms with Crippen LogP contribution in [-0.4, -0.2) is 17.1 Å². The van der Waals surface area contributed by atoms with Crippen molar-refractivity contribution in [2.24, 2.45) is 0 Å². The minimum Gasteiger partial charge on any atom is -0.454 e. The van der Waals surface area contributed by atoms with E-state index in [1.165, 1.54) is 49.8 Å². The second-order valence-electron chi connectivity index (χ2n) is 14.1. The predicted molar refractivity (Wildman–Crippen MR) is 214 cm³/mol. The van der Waals surface area contributed by atoms with E-state index in [0.717, 1.165) is 47.3 Å². The third-order valence-electron chi connectivity index (χ3n) is 10.9. The number of hydrogen-bond donors (Lipinski definition) is 1. The van der Waals surface area contributed by atoms with Gasteiger partial charge in [0.2, 0.25) is 0 Å². The number of benzene rings is 6. The average Bonchev–Trinajstić information content (AvgIpc) is 3.58. The van der Waals surface area contributed by atoms with Gasteiger partial charge in [-0.15, -0.1) is 0 Å². The summed E-state index contributed by atoms with van der Waals surface area (Å²) in [5, 5.41) is 14.5. The molecule has 6 aromatic carbocycles.